The van der Waals surface area contributed by atoms with Crippen LogP contribution in [0.3, 0.4) is 0 Å². The van der Waals surface area contributed by atoms with Gasteiger partial charge in [0.2, 0.25) is 10.0 Å². The third kappa shape index (κ3) is 3.52. The van der Waals surface area contributed by atoms with Crippen LogP contribution in [0.15, 0.2) is 11.0 Å². The van der Waals surface area contributed by atoms with Gasteiger partial charge in [-0.2, -0.15) is 4.31 Å². The van der Waals surface area contributed by atoms with Crippen LogP contribution < -0.4 is 4.74 Å². The summed E-state index contributed by atoms with van der Waals surface area (Å²) >= 11 is 0. The molecule has 1 radical (unpaired) electrons. The van der Waals surface area contributed by atoms with Crippen molar-refractivity contribution in [3.63, 3.8) is 0 Å². The first-order valence-corrected chi connectivity index (χ1v) is 9.22. The first kappa shape index (κ1) is 18.2. The highest BCUT2D eigenvalue weighted by Gasteiger charge is 2.31. The number of benzene rings is 1. The zero-order chi connectivity index (χ0) is 17.2. The van der Waals surface area contributed by atoms with Gasteiger partial charge >= 0.3 is 0 Å². The van der Waals surface area contributed by atoms with E-state index in [-0.39, 0.29) is 6.61 Å². The zero-order valence-electron chi connectivity index (χ0n) is 14.3. The maximum Gasteiger partial charge on any atom is 0.243 e. The predicted octanol–water partition coefficient (Wildman–Crippen LogP) is 1.36. The van der Waals surface area contributed by atoms with Crippen LogP contribution in [-0.4, -0.2) is 64.1 Å². The van der Waals surface area contributed by atoms with Crippen molar-refractivity contribution >= 4 is 10.0 Å². The molecule has 0 spiro atoms. The summed E-state index contributed by atoms with van der Waals surface area (Å²) in [4.78, 5) is 2.39. The average molecular weight is 341 g/mol. The summed E-state index contributed by atoms with van der Waals surface area (Å²) in [6, 6.07) is 1.78. The molecule has 0 bridgehead atoms. The molecule has 0 unspecified atom stereocenters. The fourth-order valence-electron chi connectivity index (χ4n) is 3.08. The Morgan fingerprint density at radius 3 is 2.22 bits per heavy atom. The lowest BCUT2D eigenvalue weighted by Crippen LogP contribution is -2.49. The molecule has 2 rings (SSSR count). The Bertz CT molecular complexity index is 665. The van der Waals surface area contributed by atoms with Crippen molar-refractivity contribution in [2.24, 2.45) is 0 Å². The van der Waals surface area contributed by atoms with Gasteiger partial charge in [0.15, 0.2) is 0 Å². The molecule has 0 N–H and O–H groups in total. The van der Waals surface area contributed by atoms with E-state index in [0.29, 0.717) is 48.9 Å². The quantitative estimate of drug-likeness (QED) is 0.811. The Morgan fingerprint density at radius 1 is 1.09 bits per heavy atom. The first-order valence-electron chi connectivity index (χ1n) is 7.78. The van der Waals surface area contributed by atoms with Crippen LogP contribution in [0.25, 0.3) is 0 Å². The Labute approximate surface area is 138 Å². The highest BCUT2D eigenvalue weighted by atomic mass is 32.2. The van der Waals surface area contributed by atoms with E-state index in [4.69, 9.17) is 4.74 Å². The van der Waals surface area contributed by atoms with E-state index in [0.717, 1.165) is 11.1 Å². The van der Waals surface area contributed by atoms with Crippen molar-refractivity contribution < 1.29 is 18.3 Å². The van der Waals surface area contributed by atoms with Gasteiger partial charge in [-0.1, -0.05) is 0 Å². The van der Waals surface area contributed by atoms with Gasteiger partial charge in [-0.05, 0) is 43.5 Å². The largest absolute Gasteiger partial charge is 0.496 e. The van der Waals surface area contributed by atoms with Crippen LogP contribution in [0.4, 0.5) is 0 Å². The molecule has 1 aromatic carbocycles. The number of rotatable bonds is 5. The van der Waals surface area contributed by atoms with E-state index in [1.807, 2.05) is 18.7 Å². The number of sulfonamides is 1. The smallest absolute Gasteiger partial charge is 0.243 e. The van der Waals surface area contributed by atoms with Crippen LogP contribution in [-0.2, 0) is 15.1 Å². The second-order valence-corrected chi connectivity index (χ2v) is 7.80. The summed E-state index contributed by atoms with van der Waals surface area (Å²) < 4.78 is 32.9. The number of aryl methyl sites for hydroxylation is 1. The summed E-state index contributed by atoms with van der Waals surface area (Å²) in [5, 5.41) is 10.7. The molecule has 6 nitrogen and oxygen atoms in total. The van der Waals surface area contributed by atoms with Crippen LogP contribution in [0.1, 0.15) is 16.7 Å². The summed E-state index contributed by atoms with van der Waals surface area (Å²) in [6.07, 6.45) is 0. The van der Waals surface area contributed by atoms with Crippen molar-refractivity contribution in [1.82, 2.24) is 9.21 Å². The van der Waals surface area contributed by atoms with E-state index in [9.17, 15) is 13.5 Å². The Hall–Kier alpha value is -1.15. The lowest BCUT2D eigenvalue weighted by molar-refractivity contribution is 0.117. The molecule has 1 aliphatic heterocycles. The summed E-state index contributed by atoms with van der Waals surface area (Å²) in [5.74, 6) is 0.708. The minimum absolute atomic E-state index is 0.150. The molecular formula is C16H25N2O4S. The van der Waals surface area contributed by atoms with Crippen molar-refractivity contribution in [1.29, 1.82) is 0 Å². The molecular weight excluding hydrogens is 316 g/mol. The Morgan fingerprint density at radius 2 is 1.70 bits per heavy atom. The van der Waals surface area contributed by atoms with Gasteiger partial charge in [-0.3, -0.25) is 4.90 Å². The van der Waals surface area contributed by atoms with Gasteiger partial charge in [0.1, 0.15) is 5.75 Å². The second kappa shape index (κ2) is 7.17. The fourth-order valence-corrected chi connectivity index (χ4v) is 4.99. The number of hydrogen-bond acceptors (Lipinski definition) is 4. The maximum atomic E-state index is 13.1. The molecule has 0 aromatic heterocycles. The van der Waals surface area contributed by atoms with Crippen LogP contribution in [0.5, 0.6) is 5.75 Å². The van der Waals surface area contributed by atoms with Gasteiger partial charge in [0.05, 0.1) is 18.6 Å². The van der Waals surface area contributed by atoms with E-state index >= 15 is 0 Å². The van der Waals surface area contributed by atoms with Crippen molar-refractivity contribution in [2.75, 3.05) is 46.4 Å². The van der Waals surface area contributed by atoms with Crippen molar-refractivity contribution in [3.8, 4) is 5.75 Å². The monoisotopic (exact) mass is 341 g/mol. The zero-order valence-corrected chi connectivity index (χ0v) is 15.1. The minimum Gasteiger partial charge on any atom is -0.496 e. The minimum atomic E-state index is -3.54. The third-order valence-electron chi connectivity index (χ3n) is 4.54. The van der Waals surface area contributed by atoms with Crippen LogP contribution in [0.2, 0.25) is 0 Å². The van der Waals surface area contributed by atoms with E-state index in [1.54, 1.807) is 20.1 Å². The number of ether oxygens (including phenoxy) is 1. The molecule has 0 aliphatic carbocycles. The SMILES string of the molecule is COc1cc(C)c(S(=O)(=O)N2CCN(CC[O])CC2)c(C)c1C. The fraction of sp³-hybridized carbons (Fsp3) is 0.625. The summed E-state index contributed by atoms with van der Waals surface area (Å²) in [7, 11) is -1.95. The van der Waals surface area contributed by atoms with Crippen LogP contribution >= 0.6 is 0 Å². The molecule has 0 amide bonds. The normalized spacial score (nSPS) is 17.4. The maximum absolute atomic E-state index is 13.1. The standard InChI is InChI=1S/C16H25N2O4S/c1-12-11-15(22-4)13(2)14(3)16(12)23(20,21)18-7-5-17(6-8-18)9-10-19/h11H,5-10H2,1-4H3. The lowest BCUT2D eigenvalue weighted by atomic mass is 10.1. The second-order valence-electron chi connectivity index (χ2n) is 5.92. The molecule has 0 atom stereocenters. The number of methoxy groups -OCH3 is 1. The molecule has 1 saturated heterocycles. The lowest BCUT2D eigenvalue weighted by Gasteiger charge is -2.34. The summed E-state index contributed by atoms with van der Waals surface area (Å²) in [5.41, 5.74) is 2.29. The number of hydrogen-bond donors (Lipinski definition) is 0. The van der Waals surface area contributed by atoms with Gasteiger partial charge in [0.25, 0.3) is 0 Å². The topological polar surface area (TPSA) is 69.8 Å². The van der Waals surface area contributed by atoms with Crippen LogP contribution in [0, 0.1) is 20.8 Å². The molecule has 129 valence electrons. The van der Waals surface area contributed by atoms with Gasteiger partial charge < -0.3 is 4.74 Å². The molecule has 23 heavy (non-hydrogen) atoms. The van der Waals surface area contributed by atoms with E-state index < -0.39 is 10.0 Å². The highest BCUT2D eigenvalue weighted by Crippen LogP contribution is 2.32. The van der Waals surface area contributed by atoms with E-state index in [2.05, 4.69) is 0 Å². The Kier molecular flexibility index (Phi) is 5.67. The van der Waals surface area contributed by atoms with Crippen molar-refractivity contribution in [2.45, 2.75) is 25.7 Å². The van der Waals surface area contributed by atoms with Crippen molar-refractivity contribution in [3.05, 3.63) is 22.8 Å². The summed E-state index contributed by atoms with van der Waals surface area (Å²) in [6.45, 7) is 7.89. The molecule has 0 saturated carbocycles. The third-order valence-corrected chi connectivity index (χ3v) is 6.72. The van der Waals surface area contributed by atoms with Gasteiger partial charge in [0, 0.05) is 32.7 Å². The molecule has 1 aliphatic rings. The Balaban J connectivity index is 2.33. The number of piperazine rings is 1. The average Bonchev–Trinajstić information content (AvgIpc) is 2.51. The predicted molar refractivity (Wildman–Crippen MR) is 88.0 cm³/mol. The van der Waals surface area contributed by atoms with Gasteiger partial charge in [-0.15, -0.1) is 0 Å². The molecule has 1 fully saturated rings. The molecule has 1 aromatic rings. The highest BCUT2D eigenvalue weighted by molar-refractivity contribution is 7.89. The van der Waals surface area contributed by atoms with Gasteiger partial charge in [-0.25, -0.2) is 13.5 Å². The first-order chi connectivity index (χ1) is 10.8. The molecule has 1 heterocycles. The molecule has 7 heteroatoms. The van der Waals surface area contributed by atoms with E-state index in [1.165, 1.54) is 4.31 Å². The number of nitrogens with zero attached hydrogens (tertiary/aromatic N) is 2.